The van der Waals surface area contributed by atoms with Crippen LogP contribution in [0.3, 0.4) is 0 Å². The number of carbonyl (C=O) groups is 1. The lowest BCUT2D eigenvalue weighted by atomic mass is 9.98. The zero-order chi connectivity index (χ0) is 14.9. The second-order valence-corrected chi connectivity index (χ2v) is 5.25. The molecule has 1 aliphatic heterocycles. The molecule has 0 unspecified atom stereocenters. The van der Waals surface area contributed by atoms with Crippen LogP contribution in [-0.4, -0.2) is 5.91 Å². The van der Waals surface area contributed by atoms with Gasteiger partial charge in [-0.25, -0.2) is 0 Å². The van der Waals surface area contributed by atoms with Gasteiger partial charge in [-0.2, -0.15) is 0 Å². The number of rotatable bonds is 1. The second kappa shape index (κ2) is 5.04. The number of benzene rings is 3. The van der Waals surface area contributed by atoms with Crippen LogP contribution in [0.4, 0.5) is 0 Å². The number of fused-ring (bicyclic) bond motifs is 2. The first-order valence-corrected chi connectivity index (χ1v) is 7.18. The molecule has 1 aliphatic rings. The van der Waals surface area contributed by atoms with Crippen LogP contribution in [0.1, 0.15) is 21.5 Å². The monoisotopic (exact) mass is 286 g/mol. The Hall–Kier alpha value is -3.07. The van der Waals surface area contributed by atoms with Gasteiger partial charge in [0, 0.05) is 5.56 Å². The number of hydrazine groups is 1. The van der Waals surface area contributed by atoms with Crippen molar-refractivity contribution in [3.63, 3.8) is 0 Å². The Morgan fingerprint density at radius 3 is 2.36 bits per heavy atom. The lowest BCUT2D eigenvalue weighted by Gasteiger charge is -2.21. The molecule has 0 atom stereocenters. The average Bonchev–Trinajstić information content (AvgIpc) is 2.58. The topological polar surface area (TPSA) is 41.1 Å². The van der Waals surface area contributed by atoms with E-state index in [1.807, 2.05) is 42.5 Å². The van der Waals surface area contributed by atoms with E-state index in [1.165, 1.54) is 10.8 Å². The Bertz CT molecular complexity index is 907. The van der Waals surface area contributed by atoms with Crippen molar-refractivity contribution < 1.29 is 4.79 Å². The number of hydrogen-bond acceptors (Lipinski definition) is 2. The zero-order valence-electron chi connectivity index (χ0n) is 11.8. The van der Waals surface area contributed by atoms with Crippen molar-refractivity contribution in [1.29, 1.82) is 0 Å². The first kappa shape index (κ1) is 12.7. The molecule has 0 bridgehead atoms. The van der Waals surface area contributed by atoms with Crippen LogP contribution in [0.15, 0.2) is 66.7 Å². The van der Waals surface area contributed by atoms with Gasteiger partial charge in [-0.3, -0.25) is 15.6 Å². The third-order valence-electron chi connectivity index (χ3n) is 3.90. The molecule has 106 valence electrons. The van der Waals surface area contributed by atoms with Crippen molar-refractivity contribution >= 4 is 28.5 Å². The summed E-state index contributed by atoms with van der Waals surface area (Å²) < 4.78 is 0. The molecule has 0 saturated heterocycles. The highest BCUT2D eigenvalue weighted by atomic mass is 16.2. The molecule has 0 aromatic heterocycles. The maximum atomic E-state index is 11.9. The minimum Gasteiger partial charge on any atom is -0.298 e. The van der Waals surface area contributed by atoms with Crippen LogP contribution < -0.4 is 10.9 Å². The molecule has 0 aliphatic carbocycles. The van der Waals surface area contributed by atoms with E-state index in [1.54, 1.807) is 0 Å². The summed E-state index contributed by atoms with van der Waals surface area (Å²) in [6.07, 6.45) is 2.07. The molecule has 3 aromatic rings. The number of hydrogen-bond donors (Lipinski definition) is 2. The molecule has 2 N–H and O–H groups in total. The summed E-state index contributed by atoms with van der Waals surface area (Å²) in [5.41, 5.74) is 9.31. The predicted molar refractivity (Wildman–Crippen MR) is 88.9 cm³/mol. The summed E-state index contributed by atoms with van der Waals surface area (Å²) in [6.45, 7) is 0. The van der Waals surface area contributed by atoms with E-state index < -0.39 is 0 Å². The molecule has 3 heteroatoms. The van der Waals surface area contributed by atoms with Crippen molar-refractivity contribution in [1.82, 2.24) is 10.9 Å². The summed E-state index contributed by atoms with van der Waals surface area (Å²) in [4.78, 5) is 11.9. The summed E-state index contributed by atoms with van der Waals surface area (Å²) in [5, 5.41) is 2.39. The van der Waals surface area contributed by atoms with Crippen molar-refractivity contribution in [2.24, 2.45) is 0 Å². The first-order chi connectivity index (χ1) is 10.8. The lowest BCUT2D eigenvalue weighted by Crippen LogP contribution is -2.40. The van der Waals surface area contributed by atoms with Gasteiger partial charge in [-0.05, 0) is 28.5 Å². The largest absolute Gasteiger partial charge is 0.298 e. The maximum Gasteiger partial charge on any atom is 0.270 e. The molecule has 1 heterocycles. The number of amides is 1. The summed E-state index contributed by atoms with van der Waals surface area (Å²) in [6, 6.07) is 22.1. The second-order valence-electron chi connectivity index (χ2n) is 5.25. The van der Waals surface area contributed by atoms with Crippen LogP contribution >= 0.6 is 0 Å². The molecule has 3 nitrogen and oxygen atoms in total. The van der Waals surface area contributed by atoms with Crippen LogP contribution in [0.5, 0.6) is 0 Å². The normalized spacial score (nSPS) is 15.3. The standard InChI is InChI=1S/C19H14N2O/c22-19-17-11-4-3-10-16(17)18(20-21-19)12-14-8-5-7-13-6-1-2-9-15(13)14/h1-12,20H,(H,21,22)/b18-12-. The van der Waals surface area contributed by atoms with Gasteiger partial charge < -0.3 is 0 Å². The fraction of sp³-hybridized carbons (Fsp3) is 0. The molecule has 4 rings (SSSR count). The fourth-order valence-electron chi connectivity index (χ4n) is 2.82. The van der Waals surface area contributed by atoms with Crippen molar-refractivity contribution in [2.75, 3.05) is 0 Å². The maximum absolute atomic E-state index is 11.9. The Balaban J connectivity index is 1.90. The fourth-order valence-corrected chi connectivity index (χ4v) is 2.82. The SMILES string of the molecule is O=C1NN/C(=C\c2cccc3ccccc23)c2ccccc21. The van der Waals surface area contributed by atoms with Crippen LogP contribution in [0.2, 0.25) is 0 Å². The van der Waals surface area contributed by atoms with Crippen LogP contribution in [0.25, 0.3) is 22.5 Å². The molecule has 0 radical (unpaired) electrons. The van der Waals surface area contributed by atoms with E-state index in [4.69, 9.17) is 0 Å². The zero-order valence-corrected chi connectivity index (χ0v) is 11.8. The van der Waals surface area contributed by atoms with Crippen LogP contribution in [0, 0.1) is 0 Å². The van der Waals surface area contributed by atoms with Crippen molar-refractivity contribution in [3.8, 4) is 0 Å². The summed E-state index contributed by atoms with van der Waals surface area (Å²) >= 11 is 0. The molecule has 1 amide bonds. The average molecular weight is 286 g/mol. The van der Waals surface area contributed by atoms with Gasteiger partial charge in [0.05, 0.1) is 11.3 Å². The highest BCUT2D eigenvalue weighted by Crippen LogP contribution is 2.26. The quantitative estimate of drug-likeness (QED) is 0.718. The van der Waals surface area contributed by atoms with Gasteiger partial charge in [-0.15, -0.1) is 0 Å². The van der Waals surface area contributed by atoms with Gasteiger partial charge in [0.15, 0.2) is 0 Å². The third-order valence-corrected chi connectivity index (χ3v) is 3.90. The van der Waals surface area contributed by atoms with E-state index in [2.05, 4.69) is 41.2 Å². The smallest absolute Gasteiger partial charge is 0.270 e. The van der Waals surface area contributed by atoms with Crippen LogP contribution in [-0.2, 0) is 0 Å². The molecule has 3 aromatic carbocycles. The predicted octanol–water partition coefficient (Wildman–Crippen LogP) is 3.59. The first-order valence-electron chi connectivity index (χ1n) is 7.18. The Labute approximate surface area is 128 Å². The van der Waals surface area contributed by atoms with E-state index in [-0.39, 0.29) is 5.91 Å². The molecular weight excluding hydrogens is 272 g/mol. The van der Waals surface area contributed by atoms with E-state index in [0.29, 0.717) is 5.56 Å². The van der Waals surface area contributed by atoms with Gasteiger partial charge in [0.1, 0.15) is 0 Å². The minimum atomic E-state index is -0.106. The molecule has 0 fully saturated rings. The Kier molecular flexibility index (Phi) is 2.90. The highest BCUT2D eigenvalue weighted by Gasteiger charge is 2.19. The molecular formula is C19H14N2O. The molecule has 22 heavy (non-hydrogen) atoms. The Morgan fingerprint density at radius 1 is 0.727 bits per heavy atom. The molecule has 0 saturated carbocycles. The summed E-state index contributed by atoms with van der Waals surface area (Å²) in [7, 11) is 0. The van der Waals surface area contributed by atoms with Gasteiger partial charge in [0.2, 0.25) is 0 Å². The van der Waals surface area contributed by atoms with E-state index in [9.17, 15) is 4.79 Å². The minimum absolute atomic E-state index is 0.106. The summed E-state index contributed by atoms with van der Waals surface area (Å²) in [5.74, 6) is -0.106. The highest BCUT2D eigenvalue weighted by molar-refractivity contribution is 6.05. The van der Waals surface area contributed by atoms with Gasteiger partial charge in [-0.1, -0.05) is 60.7 Å². The number of nitrogens with one attached hydrogen (secondary N) is 2. The Morgan fingerprint density at radius 2 is 1.45 bits per heavy atom. The van der Waals surface area contributed by atoms with E-state index in [0.717, 1.165) is 16.8 Å². The third kappa shape index (κ3) is 2.04. The van der Waals surface area contributed by atoms with Crippen molar-refractivity contribution in [3.05, 3.63) is 83.4 Å². The van der Waals surface area contributed by atoms with E-state index >= 15 is 0 Å². The van der Waals surface area contributed by atoms with Gasteiger partial charge >= 0.3 is 0 Å². The lowest BCUT2D eigenvalue weighted by molar-refractivity contribution is 0.0937. The van der Waals surface area contributed by atoms with Crippen molar-refractivity contribution in [2.45, 2.75) is 0 Å². The molecule has 0 spiro atoms. The number of carbonyl (C=O) groups excluding carboxylic acids is 1. The van der Waals surface area contributed by atoms with Gasteiger partial charge in [0.25, 0.3) is 5.91 Å².